The topological polar surface area (TPSA) is 42.4 Å². The largest absolute Gasteiger partial charge is 0.378 e. The second-order valence-corrected chi connectivity index (χ2v) is 3.65. The average Bonchev–Trinajstić information content (AvgIpc) is 2.30. The summed E-state index contributed by atoms with van der Waals surface area (Å²) in [6.45, 7) is 2.81. The quantitative estimate of drug-likeness (QED) is 0.565. The van der Waals surface area contributed by atoms with Crippen LogP contribution in [-0.2, 0) is 4.74 Å². The van der Waals surface area contributed by atoms with Crippen molar-refractivity contribution in [3.63, 3.8) is 0 Å². The monoisotopic (exact) mass is 226 g/mol. The second-order valence-electron chi connectivity index (χ2n) is 3.26. The molecule has 15 heavy (non-hydrogen) atoms. The third-order valence-corrected chi connectivity index (χ3v) is 2.52. The van der Waals surface area contributed by atoms with E-state index >= 15 is 0 Å². The van der Waals surface area contributed by atoms with E-state index in [1.54, 1.807) is 12.1 Å². The van der Waals surface area contributed by atoms with Crippen LogP contribution in [0, 0.1) is 0 Å². The number of nitrogens with zero attached hydrogens (tertiary/aromatic N) is 2. The number of pyridine rings is 1. The predicted octanol–water partition coefficient (Wildman–Crippen LogP) is 1.38. The molecule has 0 spiro atoms. The molecule has 1 aromatic heterocycles. The molecule has 1 aromatic rings. The Balaban J connectivity index is 2.31. The number of aromatic nitrogens is 1. The maximum atomic E-state index is 10.8. The zero-order valence-corrected chi connectivity index (χ0v) is 8.91. The average molecular weight is 227 g/mol. The van der Waals surface area contributed by atoms with Crippen molar-refractivity contribution in [3.8, 4) is 0 Å². The van der Waals surface area contributed by atoms with Gasteiger partial charge in [0.1, 0.15) is 11.0 Å². The highest BCUT2D eigenvalue weighted by Crippen LogP contribution is 2.20. The van der Waals surface area contributed by atoms with Gasteiger partial charge in [-0.3, -0.25) is 4.79 Å². The Morgan fingerprint density at radius 1 is 1.40 bits per heavy atom. The number of carbonyl (C=O) groups is 1. The number of morpholine rings is 1. The lowest BCUT2D eigenvalue weighted by molar-refractivity contribution is 0.111. The van der Waals surface area contributed by atoms with E-state index in [0.717, 1.165) is 19.4 Å². The molecule has 1 aliphatic heterocycles. The van der Waals surface area contributed by atoms with Crippen LogP contribution in [0.25, 0.3) is 0 Å². The molecule has 0 bridgehead atoms. The first-order valence-electron chi connectivity index (χ1n) is 4.75. The number of rotatable bonds is 2. The number of hydrogen-bond donors (Lipinski definition) is 0. The molecule has 1 saturated heterocycles. The molecule has 5 heteroatoms. The summed E-state index contributed by atoms with van der Waals surface area (Å²) in [5.41, 5.74) is 0.571. The minimum atomic E-state index is 0.405. The van der Waals surface area contributed by atoms with Gasteiger partial charge >= 0.3 is 0 Å². The van der Waals surface area contributed by atoms with Gasteiger partial charge in [0.25, 0.3) is 0 Å². The van der Waals surface area contributed by atoms with E-state index in [1.165, 1.54) is 0 Å². The van der Waals surface area contributed by atoms with Crippen LogP contribution in [0.3, 0.4) is 0 Å². The summed E-state index contributed by atoms with van der Waals surface area (Å²) in [5, 5.41) is 0.405. The van der Waals surface area contributed by atoms with Crippen LogP contribution >= 0.6 is 11.6 Å². The van der Waals surface area contributed by atoms with Gasteiger partial charge in [-0.1, -0.05) is 11.6 Å². The minimum Gasteiger partial charge on any atom is -0.378 e. The van der Waals surface area contributed by atoms with Crippen molar-refractivity contribution in [3.05, 3.63) is 22.8 Å². The fourth-order valence-corrected chi connectivity index (χ4v) is 1.70. The standard InChI is InChI=1S/C10H11ClN2O2/c11-9-2-1-8(7-14)10(12-9)13-3-5-15-6-4-13/h1-2,7H,3-6H2. The molecule has 0 aromatic carbocycles. The van der Waals surface area contributed by atoms with E-state index in [4.69, 9.17) is 16.3 Å². The zero-order valence-electron chi connectivity index (χ0n) is 8.15. The van der Waals surface area contributed by atoms with Gasteiger partial charge in [0.05, 0.1) is 18.8 Å². The van der Waals surface area contributed by atoms with Crippen LogP contribution < -0.4 is 4.90 Å². The second kappa shape index (κ2) is 4.59. The summed E-state index contributed by atoms with van der Waals surface area (Å²) in [6, 6.07) is 3.31. The predicted molar refractivity (Wildman–Crippen MR) is 57.7 cm³/mol. The number of hydrogen-bond acceptors (Lipinski definition) is 4. The first kappa shape index (κ1) is 10.4. The number of halogens is 1. The van der Waals surface area contributed by atoms with Crippen LogP contribution in [0.4, 0.5) is 5.82 Å². The molecule has 0 radical (unpaired) electrons. The van der Waals surface area contributed by atoms with Gasteiger partial charge in [0.15, 0.2) is 6.29 Å². The highest BCUT2D eigenvalue weighted by atomic mass is 35.5. The molecular formula is C10H11ClN2O2. The lowest BCUT2D eigenvalue weighted by Crippen LogP contribution is -2.37. The Kier molecular flexibility index (Phi) is 3.18. The van der Waals surface area contributed by atoms with E-state index in [2.05, 4.69) is 4.98 Å². The molecule has 0 unspecified atom stereocenters. The molecule has 2 heterocycles. The first-order chi connectivity index (χ1) is 7.31. The SMILES string of the molecule is O=Cc1ccc(Cl)nc1N1CCOCC1. The van der Waals surface area contributed by atoms with Crippen molar-refractivity contribution in [1.29, 1.82) is 0 Å². The van der Waals surface area contributed by atoms with Gasteiger partial charge in [0.2, 0.25) is 0 Å². The summed E-state index contributed by atoms with van der Waals surface area (Å²) < 4.78 is 5.23. The number of aldehydes is 1. The molecule has 2 rings (SSSR count). The van der Waals surface area contributed by atoms with E-state index in [1.807, 2.05) is 4.90 Å². The van der Waals surface area contributed by atoms with E-state index in [0.29, 0.717) is 29.7 Å². The molecule has 80 valence electrons. The highest BCUT2D eigenvalue weighted by molar-refractivity contribution is 6.29. The van der Waals surface area contributed by atoms with Crippen LogP contribution in [0.2, 0.25) is 5.15 Å². The lowest BCUT2D eigenvalue weighted by atomic mass is 10.2. The molecule has 0 aliphatic carbocycles. The van der Waals surface area contributed by atoms with Gasteiger partial charge in [0, 0.05) is 13.1 Å². The van der Waals surface area contributed by atoms with Crippen molar-refractivity contribution in [2.75, 3.05) is 31.2 Å². The van der Waals surface area contributed by atoms with Gasteiger partial charge in [-0.15, -0.1) is 0 Å². The molecule has 1 fully saturated rings. The number of ether oxygens (including phenoxy) is 1. The van der Waals surface area contributed by atoms with Crippen molar-refractivity contribution in [2.24, 2.45) is 0 Å². The minimum absolute atomic E-state index is 0.405. The third kappa shape index (κ3) is 2.27. The fraction of sp³-hybridized carbons (Fsp3) is 0.400. The summed E-state index contributed by atoms with van der Waals surface area (Å²) in [4.78, 5) is 17.0. The van der Waals surface area contributed by atoms with Crippen LogP contribution in [-0.4, -0.2) is 37.6 Å². The number of anilines is 1. The lowest BCUT2D eigenvalue weighted by Gasteiger charge is -2.28. The zero-order chi connectivity index (χ0) is 10.7. The molecule has 0 saturated carbocycles. The Morgan fingerprint density at radius 2 is 2.13 bits per heavy atom. The number of carbonyl (C=O) groups excluding carboxylic acids is 1. The Morgan fingerprint density at radius 3 is 2.80 bits per heavy atom. The van der Waals surface area contributed by atoms with Gasteiger partial charge in [-0.25, -0.2) is 4.98 Å². The molecule has 0 atom stereocenters. The summed E-state index contributed by atoms with van der Waals surface area (Å²) >= 11 is 5.81. The van der Waals surface area contributed by atoms with Gasteiger partial charge in [-0.05, 0) is 12.1 Å². The molecular weight excluding hydrogens is 216 g/mol. The Bertz CT molecular complexity index is 364. The summed E-state index contributed by atoms with van der Waals surface area (Å²) in [6.07, 6.45) is 0.800. The first-order valence-corrected chi connectivity index (χ1v) is 5.13. The smallest absolute Gasteiger partial charge is 0.153 e. The molecule has 0 N–H and O–H groups in total. The molecule has 0 amide bonds. The van der Waals surface area contributed by atoms with Crippen LogP contribution in [0.15, 0.2) is 12.1 Å². The van der Waals surface area contributed by atoms with E-state index < -0.39 is 0 Å². The Hall–Kier alpha value is -1.13. The maximum Gasteiger partial charge on any atom is 0.153 e. The normalized spacial score (nSPS) is 16.5. The third-order valence-electron chi connectivity index (χ3n) is 2.31. The van der Waals surface area contributed by atoms with Crippen LogP contribution in [0.1, 0.15) is 10.4 Å². The van der Waals surface area contributed by atoms with E-state index in [9.17, 15) is 4.79 Å². The van der Waals surface area contributed by atoms with Gasteiger partial charge in [-0.2, -0.15) is 0 Å². The van der Waals surface area contributed by atoms with Crippen molar-refractivity contribution < 1.29 is 9.53 Å². The van der Waals surface area contributed by atoms with Crippen molar-refractivity contribution in [1.82, 2.24) is 4.98 Å². The fourth-order valence-electron chi connectivity index (χ4n) is 1.56. The highest BCUT2D eigenvalue weighted by Gasteiger charge is 2.16. The van der Waals surface area contributed by atoms with Crippen molar-refractivity contribution in [2.45, 2.75) is 0 Å². The summed E-state index contributed by atoms with van der Waals surface area (Å²) in [5.74, 6) is 0.654. The van der Waals surface area contributed by atoms with Crippen LogP contribution in [0.5, 0.6) is 0 Å². The van der Waals surface area contributed by atoms with Crippen molar-refractivity contribution >= 4 is 23.7 Å². The molecule has 1 aliphatic rings. The maximum absolute atomic E-state index is 10.8. The van der Waals surface area contributed by atoms with Gasteiger partial charge < -0.3 is 9.64 Å². The summed E-state index contributed by atoms with van der Waals surface area (Å²) in [7, 11) is 0. The van der Waals surface area contributed by atoms with E-state index in [-0.39, 0.29) is 0 Å². The molecule has 4 nitrogen and oxygen atoms in total. The Labute approximate surface area is 92.8 Å².